The zero-order valence-electron chi connectivity index (χ0n) is 11.0. The lowest BCUT2D eigenvalue weighted by molar-refractivity contribution is 0.596. The maximum absolute atomic E-state index is 13.9. The van der Waals surface area contributed by atoms with Crippen LogP contribution in [0.5, 0.6) is 0 Å². The fraction of sp³-hybridized carbons (Fsp3) is 0.125. The smallest absolute Gasteiger partial charge is 0.128 e. The number of rotatable bonds is 2. The Morgan fingerprint density at radius 3 is 2.65 bits per heavy atom. The van der Waals surface area contributed by atoms with Crippen LogP contribution in [0.1, 0.15) is 22.9 Å². The molecule has 1 unspecified atom stereocenters. The molecule has 2 N–H and O–H groups in total. The van der Waals surface area contributed by atoms with Crippen LogP contribution in [-0.2, 0) is 0 Å². The van der Waals surface area contributed by atoms with Gasteiger partial charge in [0, 0.05) is 5.56 Å². The third kappa shape index (κ3) is 2.26. The van der Waals surface area contributed by atoms with Gasteiger partial charge in [0.15, 0.2) is 0 Å². The molecule has 100 valence electrons. The van der Waals surface area contributed by atoms with E-state index >= 15 is 0 Å². The summed E-state index contributed by atoms with van der Waals surface area (Å²) < 4.78 is 13.9. The van der Waals surface area contributed by atoms with Crippen molar-refractivity contribution < 1.29 is 4.39 Å². The topological polar surface area (TPSA) is 51.8 Å². The van der Waals surface area contributed by atoms with E-state index in [9.17, 15) is 4.39 Å². The Morgan fingerprint density at radius 2 is 1.85 bits per heavy atom. The van der Waals surface area contributed by atoms with Crippen molar-refractivity contribution in [2.45, 2.75) is 13.0 Å². The van der Waals surface area contributed by atoms with E-state index in [0.717, 1.165) is 16.6 Å². The van der Waals surface area contributed by atoms with Gasteiger partial charge in [0.1, 0.15) is 5.82 Å². The maximum atomic E-state index is 13.9. The number of nitrogens with zero attached hydrogens (tertiary/aromatic N) is 2. The minimum atomic E-state index is -0.619. The highest BCUT2D eigenvalue weighted by molar-refractivity contribution is 5.73. The minimum Gasteiger partial charge on any atom is -0.319 e. The van der Waals surface area contributed by atoms with Crippen LogP contribution in [0.2, 0.25) is 0 Å². The van der Waals surface area contributed by atoms with E-state index in [2.05, 4.69) is 9.97 Å². The van der Waals surface area contributed by atoms with Crippen molar-refractivity contribution in [3.05, 3.63) is 71.3 Å². The van der Waals surface area contributed by atoms with E-state index in [1.54, 1.807) is 18.3 Å². The van der Waals surface area contributed by atoms with Crippen LogP contribution in [0, 0.1) is 12.7 Å². The Hall–Kier alpha value is -2.33. The van der Waals surface area contributed by atoms with Gasteiger partial charge in [-0.25, -0.2) is 9.37 Å². The summed E-state index contributed by atoms with van der Waals surface area (Å²) in [5, 5.41) is 0. The first-order valence-corrected chi connectivity index (χ1v) is 6.38. The van der Waals surface area contributed by atoms with Crippen LogP contribution >= 0.6 is 0 Å². The van der Waals surface area contributed by atoms with Gasteiger partial charge in [0.05, 0.1) is 29.0 Å². The van der Waals surface area contributed by atoms with Crippen molar-refractivity contribution in [2.24, 2.45) is 5.73 Å². The number of para-hydroxylation sites is 2. The van der Waals surface area contributed by atoms with Gasteiger partial charge in [0.25, 0.3) is 0 Å². The molecule has 0 radical (unpaired) electrons. The second kappa shape index (κ2) is 4.98. The Labute approximate surface area is 116 Å². The summed E-state index contributed by atoms with van der Waals surface area (Å²) in [5.41, 5.74) is 9.66. The quantitative estimate of drug-likeness (QED) is 0.776. The number of benzene rings is 2. The van der Waals surface area contributed by atoms with Crippen LogP contribution in [0.25, 0.3) is 11.0 Å². The molecule has 0 aliphatic heterocycles. The maximum Gasteiger partial charge on any atom is 0.128 e. The zero-order valence-corrected chi connectivity index (χ0v) is 11.0. The molecule has 4 heteroatoms. The number of aryl methyl sites for hydroxylation is 1. The highest BCUT2D eigenvalue weighted by Crippen LogP contribution is 2.22. The summed E-state index contributed by atoms with van der Waals surface area (Å²) in [6, 6.07) is 11.8. The van der Waals surface area contributed by atoms with Crippen molar-refractivity contribution in [1.82, 2.24) is 9.97 Å². The largest absolute Gasteiger partial charge is 0.319 e. The average Bonchev–Trinajstić information content (AvgIpc) is 2.48. The molecule has 0 saturated heterocycles. The van der Waals surface area contributed by atoms with Crippen LogP contribution in [0.15, 0.2) is 48.7 Å². The lowest BCUT2D eigenvalue weighted by Gasteiger charge is -2.13. The molecule has 3 aromatic rings. The normalized spacial score (nSPS) is 12.6. The van der Waals surface area contributed by atoms with E-state index in [1.807, 2.05) is 31.2 Å². The van der Waals surface area contributed by atoms with Gasteiger partial charge in [-0.2, -0.15) is 0 Å². The molecule has 3 nitrogen and oxygen atoms in total. The lowest BCUT2D eigenvalue weighted by atomic mass is 10.0. The molecule has 1 aromatic heterocycles. The molecule has 0 fully saturated rings. The number of aromatic nitrogens is 2. The second-order valence-corrected chi connectivity index (χ2v) is 4.79. The van der Waals surface area contributed by atoms with E-state index in [0.29, 0.717) is 11.3 Å². The van der Waals surface area contributed by atoms with Gasteiger partial charge >= 0.3 is 0 Å². The molecule has 0 spiro atoms. The van der Waals surface area contributed by atoms with Crippen molar-refractivity contribution >= 4 is 11.0 Å². The predicted molar refractivity (Wildman–Crippen MR) is 76.7 cm³/mol. The van der Waals surface area contributed by atoms with Crippen molar-refractivity contribution in [2.75, 3.05) is 0 Å². The first kappa shape index (κ1) is 12.7. The van der Waals surface area contributed by atoms with E-state index in [4.69, 9.17) is 5.73 Å². The van der Waals surface area contributed by atoms with Crippen LogP contribution < -0.4 is 5.73 Å². The lowest BCUT2D eigenvalue weighted by Crippen LogP contribution is -2.15. The van der Waals surface area contributed by atoms with Crippen molar-refractivity contribution in [3.63, 3.8) is 0 Å². The number of fused-ring (bicyclic) bond motifs is 1. The fourth-order valence-electron chi connectivity index (χ4n) is 2.18. The molecule has 3 rings (SSSR count). The van der Waals surface area contributed by atoms with Gasteiger partial charge < -0.3 is 5.73 Å². The summed E-state index contributed by atoms with van der Waals surface area (Å²) in [4.78, 5) is 8.78. The van der Waals surface area contributed by atoms with E-state index in [1.165, 1.54) is 6.07 Å². The predicted octanol–water partition coefficient (Wildman–Crippen LogP) is 3.13. The first-order chi connectivity index (χ1) is 9.65. The van der Waals surface area contributed by atoms with Crippen LogP contribution in [-0.4, -0.2) is 9.97 Å². The van der Waals surface area contributed by atoms with Crippen molar-refractivity contribution in [3.8, 4) is 0 Å². The number of hydrogen-bond donors (Lipinski definition) is 1. The standard InChI is InChI=1S/C16H14FN3/c1-10-6-7-12(17)11(8-10)16(18)15-9-19-13-4-2-3-5-14(13)20-15/h2-9,16H,18H2,1H3. The third-order valence-corrected chi connectivity index (χ3v) is 3.27. The van der Waals surface area contributed by atoms with Crippen LogP contribution in [0.3, 0.4) is 0 Å². The molecule has 0 bridgehead atoms. The summed E-state index contributed by atoms with van der Waals surface area (Å²) in [5.74, 6) is -0.321. The zero-order chi connectivity index (χ0) is 14.1. The van der Waals surface area contributed by atoms with Gasteiger partial charge in [-0.05, 0) is 25.1 Å². The SMILES string of the molecule is Cc1ccc(F)c(C(N)c2cnc3ccccc3n2)c1. The molecular weight excluding hydrogens is 253 g/mol. The summed E-state index contributed by atoms with van der Waals surface area (Å²) in [6.45, 7) is 1.90. The van der Waals surface area contributed by atoms with Crippen LogP contribution in [0.4, 0.5) is 4.39 Å². The molecule has 0 saturated carbocycles. The summed E-state index contributed by atoms with van der Waals surface area (Å²) in [6.07, 6.45) is 1.61. The van der Waals surface area contributed by atoms with Gasteiger partial charge in [-0.3, -0.25) is 4.98 Å². The highest BCUT2D eigenvalue weighted by atomic mass is 19.1. The number of nitrogens with two attached hydrogens (primary N) is 1. The second-order valence-electron chi connectivity index (χ2n) is 4.79. The summed E-state index contributed by atoms with van der Waals surface area (Å²) >= 11 is 0. The third-order valence-electron chi connectivity index (χ3n) is 3.27. The van der Waals surface area contributed by atoms with Gasteiger partial charge in [-0.15, -0.1) is 0 Å². The first-order valence-electron chi connectivity index (χ1n) is 6.38. The Kier molecular flexibility index (Phi) is 3.16. The monoisotopic (exact) mass is 267 g/mol. The Morgan fingerprint density at radius 1 is 1.10 bits per heavy atom. The molecule has 2 aromatic carbocycles. The Balaban J connectivity index is 2.07. The summed E-state index contributed by atoms with van der Waals surface area (Å²) in [7, 11) is 0. The average molecular weight is 267 g/mol. The molecule has 1 atom stereocenters. The Bertz CT molecular complexity index is 771. The molecule has 0 amide bonds. The van der Waals surface area contributed by atoms with E-state index < -0.39 is 6.04 Å². The van der Waals surface area contributed by atoms with Crippen molar-refractivity contribution in [1.29, 1.82) is 0 Å². The number of hydrogen-bond acceptors (Lipinski definition) is 3. The minimum absolute atomic E-state index is 0.321. The fourth-order valence-corrected chi connectivity index (χ4v) is 2.18. The molecular formula is C16H14FN3. The number of halogens is 1. The van der Waals surface area contributed by atoms with Gasteiger partial charge in [-0.1, -0.05) is 29.8 Å². The van der Waals surface area contributed by atoms with E-state index in [-0.39, 0.29) is 5.82 Å². The highest BCUT2D eigenvalue weighted by Gasteiger charge is 2.16. The molecule has 0 aliphatic carbocycles. The molecule has 0 aliphatic rings. The molecule has 1 heterocycles. The molecule has 20 heavy (non-hydrogen) atoms. The van der Waals surface area contributed by atoms with Gasteiger partial charge in [0.2, 0.25) is 0 Å².